The molecule has 11 nitrogen and oxygen atoms in total. The molecule has 4 rings (SSSR count). The van der Waals surface area contributed by atoms with Gasteiger partial charge < -0.3 is 21.3 Å². The summed E-state index contributed by atoms with van der Waals surface area (Å²) in [7, 11) is 3.05. The van der Waals surface area contributed by atoms with Gasteiger partial charge >= 0.3 is 0 Å². The third-order valence-electron chi connectivity index (χ3n) is 7.24. The number of phenols is 1. The fourth-order valence-corrected chi connectivity index (χ4v) is 5.87. The van der Waals surface area contributed by atoms with Crippen LogP contribution in [-0.4, -0.2) is 75.8 Å². The number of fused-ring (bicyclic) bond motifs is 3. The van der Waals surface area contributed by atoms with E-state index in [-0.39, 0.29) is 24.1 Å². The van der Waals surface area contributed by atoms with Crippen molar-refractivity contribution in [2.75, 3.05) is 19.4 Å². The molecule has 3 aliphatic carbocycles. The van der Waals surface area contributed by atoms with Gasteiger partial charge in [-0.15, -0.1) is 0 Å². The number of likely N-dealkylation sites (N-methyl/N-ethyl adjacent to an activating group) is 1. The Kier molecular flexibility index (Phi) is 5.45. The van der Waals surface area contributed by atoms with Gasteiger partial charge in [-0.2, -0.15) is 0 Å². The lowest BCUT2D eigenvalue weighted by molar-refractivity contribution is -0.181. The maximum atomic E-state index is 13.6. The number of nitrogens with one attached hydrogen (secondary N) is 1. The van der Waals surface area contributed by atoms with Crippen molar-refractivity contribution in [2.45, 2.75) is 31.4 Å². The monoisotopic (exact) mass is 471 g/mol. The van der Waals surface area contributed by atoms with Crippen molar-refractivity contribution in [1.29, 1.82) is 0 Å². The Balaban J connectivity index is 1.84. The Labute approximate surface area is 194 Å². The van der Waals surface area contributed by atoms with Gasteiger partial charge in [0.25, 0.3) is 0 Å². The minimum atomic E-state index is -2.76. The molecular formula is C23H25N3O8. The topological polar surface area (TPSA) is 184 Å². The van der Waals surface area contributed by atoms with Crippen molar-refractivity contribution in [3.8, 4) is 5.75 Å². The molecule has 0 bridgehead atoms. The predicted octanol–water partition coefficient (Wildman–Crippen LogP) is -1.17. The zero-order chi connectivity index (χ0) is 25.3. The van der Waals surface area contributed by atoms with Crippen LogP contribution in [0.15, 0.2) is 12.1 Å². The summed E-state index contributed by atoms with van der Waals surface area (Å²) in [5.74, 6) is -11.6. The molecule has 11 heteroatoms. The molecule has 3 aliphatic rings. The SMILES string of the molecule is CC(=O)Nc1ccc2c(c1O)C(=O)C1C(=O)C3(O)C(=O)C(C(N)=O)C(=O)C(N(C)C)C3CC1C2. The van der Waals surface area contributed by atoms with E-state index in [9.17, 15) is 39.0 Å². The number of aliphatic hydroxyl groups is 1. The second-order valence-electron chi connectivity index (χ2n) is 9.47. The summed E-state index contributed by atoms with van der Waals surface area (Å²) in [4.78, 5) is 78.1. The standard InChI is InChI=1S/C23H25N3O8/c1-8(27)25-12-5-4-9-6-10-7-11-16(26(2)3)19(30)15(22(24)33)21(32)23(11,34)20(31)14(10)18(29)13(9)17(12)28/h4-5,10-11,14-16,28,34H,6-7H2,1-3H3,(H2,24,33)(H,25,27). The number of nitrogens with zero attached hydrogens (tertiary/aromatic N) is 1. The molecule has 0 spiro atoms. The number of Topliss-reactive ketones (excluding diaryl/α,β-unsaturated/α-hetero) is 4. The smallest absolute Gasteiger partial charge is 0.235 e. The van der Waals surface area contributed by atoms with Crippen molar-refractivity contribution >= 4 is 40.6 Å². The average Bonchev–Trinajstić information content (AvgIpc) is 2.72. The van der Waals surface area contributed by atoms with E-state index in [1.807, 2.05) is 0 Å². The first-order valence-electron chi connectivity index (χ1n) is 10.8. The molecule has 5 N–H and O–H groups in total. The van der Waals surface area contributed by atoms with Crippen molar-refractivity contribution in [3.05, 3.63) is 23.3 Å². The molecular weight excluding hydrogens is 446 g/mol. The highest BCUT2D eigenvalue weighted by atomic mass is 16.3. The molecule has 1 aromatic rings. The maximum Gasteiger partial charge on any atom is 0.235 e. The molecule has 34 heavy (non-hydrogen) atoms. The number of carbonyl (C=O) groups excluding carboxylic acids is 6. The zero-order valence-electron chi connectivity index (χ0n) is 18.8. The van der Waals surface area contributed by atoms with Gasteiger partial charge in [-0.05, 0) is 44.5 Å². The Morgan fingerprint density at radius 3 is 2.35 bits per heavy atom. The first kappa shape index (κ1) is 23.7. The van der Waals surface area contributed by atoms with E-state index >= 15 is 0 Å². The maximum absolute atomic E-state index is 13.6. The van der Waals surface area contributed by atoms with Gasteiger partial charge in [0, 0.05) is 12.8 Å². The van der Waals surface area contributed by atoms with E-state index in [1.165, 1.54) is 32.0 Å². The highest BCUT2D eigenvalue weighted by Gasteiger charge is 2.69. The highest BCUT2D eigenvalue weighted by molar-refractivity contribution is 6.32. The summed E-state index contributed by atoms with van der Waals surface area (Å²) in [5.41, 5.74) is 2.78. The summed E-state index contributed by atoms with van der Waals surface area (Å²) in [6.07, 6.45) is 0.151. The van der Waals surface area contributed by atoms with E-state index in [0.29, 0.717) is 5.56 Å². The molecule has 2 fully saturated rings. The molecule has 0 heterocycles. The van der Waals surface area contributed by atoms with E-state index in [0.717, 1.165) is 0 Å². The summed E-state index contributed by atoms with van der Waals surface area (Å²) < 4.78 is 0. The van der Waals surface area contributed by atoms with Crippen LogP contribution in [0.2, 0.25) is 0 Å². The number of carbonyl (C=O) groups is 6. The Morgan fingerprint density at radius 1 is 1.15 bits per heavy atom. The summed E-state index contributed by atoms with van der Waals surface area (Å²) >= 11 is 0. The van der Waals surface area contributed by atoms with Gasteiger partial charge in [-0.3, -0.25) is 33.7 Å². The van der Waals surface area contributed by atoms with E-state index in [2.05, 4.69) is 5.32 Å². The van der Waals surface area contributed by atoms with Crippen LogP contribution in [0.1, 0.15) is 29.3 Å². The molecule has 6 unspecified atom stereocenters. The second-order valence-corrected chi connectivity index (χ2v) is 9.47. The molecule has 2 saturated carbocycles. The van der Waals surface area contributed by atoms with Crippen LogP contribution in [0.25, 0.3) is 0 Å². The van der Waals surface area contributed by atoms with Gasteiger partial charge in [0.2, 0.25) is 11.8 Å². The van der Waals surface area contributed by atoms with Gasteiger partial charge in [0.15, 0.2) is 34.7 Å². The van der Waals surface area contributed by atoms with Crippen LogP contribution in [-0.2, 0) is 30.4 Å². The Bertz CT molecular complexity index is 1170. The minimum absolute atomic E-state index is 0.0151. The average molecular weight is 471 g/mol. The van der Waals surface area contributed by atoms with Gasteiger partial charge in [-0.25, -0.2) is 0 Å². The number of benzene rings is 1. The largest absolute Gasteiger partial charge is 0.505 e. The third kappa shape index (κ3) is 3.11. The number of anilines is 1. The lowest BCUT2D eigenvalue weighted by atomic mass is 9.52. The van der Waals surface area contributed by atoms with Crippen LogP contribution in [0.5, 0.6) is 5.75 Å². The number of amides is 2. The lowest BCUT2D eigenvalue weighted by Crippen LogP contribution is -2.74. The lowest BCUT2D eigenvalue weighted by Gasteiger charge is -2.52. The van der Waals surface area contributed by atoms with E-state index < -0.39 is 76.0 Å². The quantitative estimate of drug-likeness (QED) is 0.311. The van der Waals surface area contributed by atoms with Crippen LogP contribution in [0.4, 0.5) is 5.69 Å². The Hall–Kier alpha value is -3.44. The number of ketones is 4. The van der Waals surface area contributed by atoms with Crippen LogP contribution in [0.3, 0.4) is 0 Å². The minimum Gasteiger partial charge on any atom is -0.505 e. The predicted molar refractivity (Wildman–Crippen MR) is 116 cm³/mol. The number of phenolic OH excluding ortho intramolecular Hbond substituents is 1. The zero-order valence-corrected chi connectivity index (χ0v) is 18.8. The summed E-state index contributed by atoms with van der Waals surface area (Å²) in [5, 5.41) is 24.5. The number of hydrogen-bond donors (Lipinski definition) is 4. The number of rotatable bonds is 3. The Morgan fingerprint density at radius 2 is 1.79 bits per heavy atom. The number of aromatic hydroxyl groups is 1. The van der Waals surface area contributed by atoms with Gasteiger partial charge in [-0.1, -0.05) is 6.07 Å². The van der Waals surface area contributed by atoms with E-state index in [1.54, 1.807) is 6.07 Å². The first-order valence-corrected chi connectivity index (χ1v) is 10.8. The molecule has 2 amide bonds. The van der Waals surface area contributed by atoms with Crippen molar-refractivity contribution < 1.29 is 39.0 Å². The molecule has 1 aromatic carbocycles. The highest BCUT2D eigenvalue weighted by Crippen LogP contribution is 2.51. The number of primary amides is 1. The normalized spacial score (nSPS) is 32.7. The van der Waals surface area contributed by atoms with Crippen LogP contribution < -0.4 is 11.1 Å². The second kappa shape index (κ2) is 7.81. The van der Waals surface area contributed by atoms with Crippen LogP contribution >= 0.6 is 0 Å². The molecule has 0 aliphatic heterocycles. The molecule has 0 saturated heterocycles. The first-order chi connectivity index (χ1) is 15.8. The van der Waals surface area contributed by atoms with E-state index in [4.69, 9.17) is 5.73 Å². The van der Waals surface area contributed by atoms with Crippen molar-refractivity contribution in [2.24, 2.45) is 29.4 Å². The summed E-state index contributed by atoms with van der Waals surface area (Å²) in [6, 6.07) is 1.86. The van der Waals surface area contributed by atoms with Gasteiger partial charge in [0.1, 0.15) is 5.75 Å². The molecule has 0 aromatic heterocycles. The number of nitrogens with two attached hydrogens (primary N) is 1. The number of hydrogen-bond acceptors (Lipinski definition) is 9. The molecule has 6 atom stereocenters. The van der Waals surface area contributed by atoms with Crippen molar-refractivity contribution in [3.63, 3.8) is 0 Å². The molecule has 180 valence electrons. The van der Waals surface area contributed by atoms with Crippen molar-refractivity contribution in [1.82, 2.24) is 4.90 Å². The third-order valence-corrected chi connectivity index (χ3v) is 7.24. The fraction of sp³-hybridized carbons (Fsp3) is 0.478. The van der Waals surface area contributed by atoms with Gasteiger partial charge in [0.05, 0.1) is 23.2 Å². The summed E-state index contributed by atoms with van der Waals surface area (Å²) in [6.45, 7) is 1.23. The fourth-order valence-electron chi connectivity index (χ4n) is 5.87. The molecule has 0 radical (unpaired) electrons. The van der Waals surface area contributed by atoms with Crippen LogP contribution in [0, 0.1) is 23.7 Å².